The molecule has 2 aliphatic rings. The first kappa shape index (κ1) is 13.9. The second-order valence-electron chi connectivity index (χ2n) is 5.77. The number of halogens is 1. The Labute approximate surface area is 129 Å². The average Bonchev–Trinajstić information content (AvgIpc) is 3.01. The Kier molecular flexibility index (Phi) is 4.28. The van der Waals surface area contributed by atoms with Crippen LogP contribution in [0.3, 0.4) is 0 Å². The Hall–Kier alpha value is -1.05. The van der Waals surface area contributed by atoms with Gasteiger partial charge in [-0.1, -0.05) is 28.8 Å². The van der Waals surface area contributed by atoms with E-state index in [-0.39, 0.29) is 0 Å². The first-order chi connectivity index (χ1) is 9.76. The van der Waals surface area contributed by atoms with Crippen molar-refractivity contribution < 1.29 is 0 Å². The smallest absolute Gasteiger partial charge is 0.0992 e. The summed E-state index contributed by atoms with van der Waals surface area (Å²) in [5.74, 6) is 0. The van der Waals surface area contributed by atoms with Crippen LogP contribution in [-0.2, 0) is 0 Å². The van der Waals surface area contributed by atoms with Gasteiger partial charge in [-0.3, -0.25) is 4.90 Å². The highest BCUT2D eigenvalue weighted by Crippen LogP contribution is 2.27. The summed E-state index contributed by atoms with van der Waals surface area (Å²) in [5, 5.41) is 9.07. The van der Waals surface area contributed by atoms with Crippen LogP contribution in [0.1, 0.15) is 31.2 Å². The molecule has 0 aromatic heterocycles. The van der Waals surface area contributed by atoms with E-state index in [0.29, 0.717) is 0 Å². The molecule has 20 heavy (non-hydrogen) atoms. The van der Waals surface area contributed by atoms with Crippen molar-refractivity contribution in [3.63, 3.8) is 0 Å². The van der Waals surface area contributed by atoms with Crippen LogP contribution >= 0.6 is 15.9 Å². The monoisotopic (exact) mass is 333 g/mol. The second kappa shape index (κ2) is 6.15. The molecular weight excluding hydrogens is 314 g/mol. The summed E-state index contributed by atoms with van der Waals surface area (Å²) >= 11 is 3.50. The zero-order chi connectivity index (χ0) is 13.9. The van der Waals surface area contributed by atoms with Gasteiger partial charge in [0.05, 0.1) is 11.6 Å². The van der Waals surface area contributed by atoms with Crippen molar-refractivity contribution in [1.29, 1.82) is 5.26 Å². The molecule has 1 aromatic carbocycles. The molecule has 1 saturated carbocycles. The fourth-order valence-corrected chi connectivity index (χ4v) is 3.92. The second-order valence-corrected chi connectivity index (χ2v) is 6.69. The third kappa shape index (κ3) is 2.99. The maximum atomic E-state index is 9.07. The van der Waals surface area contributed by atoms with Gasteiger partial charge < -0.3 is 4.90 Å². The van der Waals surface area contributed by atoms with Crippen LogP contribution in [0.25, 0.3) is 0 Å². The Balaban J connectivity index is 1.65. The molecule has 0 atom stereocenters. The van der Waals surface area contributed by atoms with Gasteiger partial charge in [-0.2, -0.15) is 5.26 Å². The first-order valence-electron chi connectivity index (χ1n) is 7.46. The van der Waals surface area contributed by atoms with Gasteiger partial charge in [-0.25, -0.2) is 0 Å². The van der Waals surface area contributed by atoms with Gasteiger partial charge in [-0.15, -0.1) is 0 Å². The van der Waals surface area contributed by atoms with Crippen LogP contribution in [0.15, 0.2) is 22.7 Å². The third-order valence-electron chi connectivity index (χ3n) is 4.53. The molecule has 106 valence electrons. The third-order valence-corrected chi connectivity index (χ3v) is 4.99. The Morgan fingerprint density at radius 1 is 1.05 bits per heavy atom. The van der Waals surface area contributed by atoms with E-state index >= 15 is 0 Å². The lowest BCUT2D eigenvalue weighted by Crippen LogP contribution is -2.49. The molecule has 1 aliphatic carbocycles. The van der Waals surface area contributed by atoms with Crippen LogP contribution in [0.5, 0.6) is 0 Å². The van der Waals surface area contributed by atoms with Crippen LogP contribution in [0, 0.1) is 11.3 Å². The number of anilines is 1. The summed E-state index contributed by atoms with van der Waals surface area (Å²) in [6.07, 6.45) is 5.58. The van der Waals surface area contributed by atoms with Gasteiger partial charge in [0.15, 0.2) is 0 Å². The summed E-state index contributed by atoms with van der Waals surface area (Å²) in [5.41, 5.74) is 1.90. The van der Waals surface area contributed by atoms with Crippen molar-refractivity contribution in [2.75, 3.05) is 31.1 Å². The molecule has 1 saturated heterocycles. The van der Waals surface area contributed by atoms with Crippen LogP contribution in [0.4, 0.5) is 5.69 Å². The summed E-state index contributed by atoms with van der Waals surface area (Å²) < 4.78 is 0.991. The number of hydrogen-bond donors (Lipinski definition) is 0. The van der Waals surface area contributed by atoms with Gasteiger partial charge in [0.1, 0.15) is 0 Å². The molecule has 0 radical (unpaired) electrons. The minimum absolute atomic E-state index is 0.729. The highest BCUT2D eigenvalue weighted by Gasteiger charge is 2.26. The molecular formula is C16H20BrN3. The molecule has 0 N–H and O–H groups in total. The minimum Gasteiger partial charge on any atom is -0.369 e. The zero-order valence-electron chi connectivity index (χ0n) is 11.7. The zero-order valence-corrected chi connectivity index (χ0v) is 13.3. The molecule has 0 spiro atoms. The Morgan fingerprint density at radius 2 is 1.75 bits per heavy atom. The quantitative estimate of drug-likeness (QED) is 0.831. The molecule has 3 nitrogen and oxygen atoms in total. The lowest BCUT2D eigenvalue weighted by atomic mass is 10.1. The van der Waals surface area contributed by atoms with Crippen LogP contribution < -0.4 is 4.90 Å². The number of piperazine rings is 1. The van der Waals surface area contributed by atoms with E-state index < -0.39 is 0 Å². The number of rotatable bonds is 2. The molecule has 4 heteroatoms. The van der Waals surface area contributed by atoms with Crippen molar-refractivity contribution >= 4 is 21.6 Å². The lowest BCUT2D eigenvalue weighted by Gasteiger charge is -2.39. The number of benzene rings is 1. The van der Waals surface area contributed by atoms with E-state index in [1.807, 2.05) is 12.1 Å². The molecule has 2 fully saturated rings. The van der Waals surface area contributed by atoms with E-state index in [0.717, 1.165) is 42.3 Å². The fraction of sp³-hybridized carbons (Fsp3) is 0.562. The summed E-state index contributed by atoms with van der Waals surface area (Å²) in [7, 11) is 0. The van der Waals surface area contributed by atoms with Crippen LogP contribution in [-0.4, -0.2) is 37.1 Å². The summed E-state index contributed by atoms with van der Waals surface area (Å²) in [6, 6.07) is 9.05. The minimum atomic E-state index is 0.729. The Bertz CT molecular complexity index is 509. The average molecular weight is 334 g/mol. The molecule has 3 rings (SSSR count). The predicted molar refractivity (Wildman–Crippen MR) is 84.9 cm³/mol. The maximum Gasteiger partial charge on any atom is 0.0992 e. The largest absolute Gasteiger partial charge is 0.369 e. The van der Waals surface area contributed by atoms with Crippen molar-refractivity contribution in [3.05, 3.63) is 28.2 Å². The number of nitriles is 1. The van der Waals surface area contributed by atoms with E-state index in [4.69, 9.17) is 5.26 Å². The molecule has 0 bridgehead atoms. The normalized spacial score (nSPS) is 21.1. The SMILES string of the molecule is N#Cc1cc(Br)cc(N2CCN(C3CCCC3)CC2)c1. The summed E-state index contributed by atoms with van der Waals surface area (Å²) in [6.45, 7) is 4.44. The fourth-order valence-electron chi connectivity index (χ4n) is 3.44. The van der Waals surface area contributed by atoms with Crippen molar-refractivity contribution in [1.82, 2.24) is 4.90 Å². The maximum absolute atomic E-state index is 9.07. The predicted octanol–water partition coefficient (Wildman–Crippen LogP) is 3.39. The molecule has 1 heterocycles. The number of nitrogens with zero attached hydrogens (tertiary/aromatic N) is 3. The van der Waals surface area contributed by atoms with Gasteiger partial charge in [0.25, 0.3) is 0 Å². The first-order valence-corrected chi connectivity index (χ1v) is 8.25. The van der Waals surface area contributed by atoms with Gasteiger partial charge in [-0.05, 0) is 31.0 Å². The van der Waals surface area contributed by atoms with Crippen molar-refractivity contribution in [2.24, 2.45) is 0 Å². The van der Waals surface area contributed by atoms with E-state index in [9.17, 15) is 0 Å². The van der Waals surface area contributed by atoms with Crippen molar-refractivity contribution in [3.8, 4) is 6.07 Å². The van der Waals surface area contributed by atoms with Gasteiger partial charge in [0.2, 0.25) is 0 Å². The van der Waals surface area contributed by atoms with Gasteiger partial charge in [0, 0.05) is 42.4 Å². The van der Waals surface area contributed by atoms with Crippen molar-refractivity contribution in [2.45, 2.75) is 31.7 Å². The van der Waals surface area contributed by atoms with E-state index in [1.165, 1.54) is 31.4 Å². The topological polar surface area (TPSA) is 30.3 Å². The molecule has 0 amide bonds. The number of hydrogen-bond acceptors (Lipinski definition) is 3. The Morgan fingerprint density at radius 3 is 2.40 bits per heavy atom. The standard InChI is InChI=1S/C16H20BrN3/c17-14-9-13(12-18)10-16(11-14)20-7-5-19(6-8-20)15-3-1-2-4-15/h9-11,15H,1-8H2. The van der Waals surface area contributed by atoms with E-state index in [2.05, 4.69) is 37.9 Å². The molecule has 1 aromatic rings. The molecule has 1 aliphatic heterocycles. The van der Waals surface area contributed by atoms with E-state index in [1.54, 1.807) is 0 Å². The van der Waals surface area contributed by atoms with Crippen LogP contribution in [0.2, 0.25) is 0 Å². The van der Waals surface area contributed by atoms with Gasteiger partial charge >= 0.3 is 0 Å². The highest BCUT2D eigenvalue weighted by molar-refractivity contribution is 9.10. The molecule has 0 unspecified atom stereocenters. The summed E-state index contributed by atoms with van der Waals surface area (Å²) in [4.78, 5) is 5.06. The highest BCUT2D eigenvalue weighted by atomic mass is 79.9. The lowest BCUT2D eigenvalue weighted by molar-refractivity contribution is 0.187.